The zero-order valence-corrected chi connectivity index (χ0v) is 15.5. The highest BCUT2D eigenvalue weighted by Crippen LogP contribution is 2.12. The lowest BCUT2D eigenvalue weighted by atomic mass is 10.2. The van der Waals surface area contributed by atoms with E-state index in [0.717, 1.165) is 12.0 Å². The molecular formula is C18H24N6O3. The Morgan fingerprint density at radius 1 is 1.07 bits per heavy atom. The topological polar surface area (TPSA) is 93.5 Å². The van der Waals surface area contributed by atoms with Crippen LogP contribution in [0.1, 0.15) is 19.3 Å². The number of carbonyl (C=O) groups is 2. The number of benzene rings is 1. The first-order chi connectivity index (χ1) is 13.2. The molecule has 3 rings (SSSR count). The molecule has 9 nitrogen and oxygen atoms in total. The van der Waals surface area contributed by atoms with Crippen LogP contribution < -0.4 is 0 Å². The molecule has 144 valence electrons. The van der Waals surface area contributed by atoms with E-state index >= 15 is 0 Å². The Labute approximate surface area is 157 Å². The van der Waals surface area contributed by atoms with Crippen molar-refractivity contribution >= 4 is 12.0 Å². The van der Waals surface area contributed by atoms with E-state index in [2.05, 4.69) is 15.4 Å². The maximum Gasteiger partial charge on any atom is 0.409 e. The van der Waals surface area contributed by atoms with E-state index in [1.165, 1.54) is 11.9 Å². The summed E-state index contributed by atoms with van der Waals surface area (Å²) in [6.07, 6.45) is 1.48. The summed E-state index contributed by atoms with van der Waals surface area (Å²) in [6, 6.07) is 9.66. The Morgan fingerprint density at radius 2 is 1.81 bits per heavy atom. The van der Waals surface area contributed by atoms with E-state index < -0.39 is 0 Å². The lowest BCUT2D eigenvalue weighted by molar-refractivity contribution is -0.131. The van der Waals surface area contributed by atoms with Crippen molar-refractivity contribution in [1.82, 2.24) is 30.0 Å². The molecule has 27 heavy (non-hydrogen) atoms. The molecule has 2 heterocycles. The minimum atomic E-state index is -0.337. The molecule has 0 atom stereocenters. The van der Waals surface area contributed by atoms with Crippen LogP contribution in [0.4, 0.5) is 4.79 Å². The molecule has 1 aromatic carbocycles. The predicted molar refractivity (Wildman–Crippen MR) is 97.7 cm³/mol. The molecule has 0 radical (unpaired) electrons. The van der Waals surface area contributed by atoms with Crippen LogP contribution in [0, 0.1) is 0 Å². The summed E-state index contributed by atoms with van der Waals surface area (Å²) in [4.78, 5) is 29.0. The fraction of sp³-hybridized carbons (Fsp3) is 0.500. The van der Waals surface area contributed by atoms with E-state index in [-0.39, 0.29) is 12.0 Å². The van der Waals surface area contributed by atoms with Crippen LogP contribution in [-0.4, -0.2) is 75.3 Å². The first-order valence-electron chi connectivity index (χ1n) is 9.11. The molecular weight excluding hydrogens is 348 g/mol. The van der Waals surface area contributed by atoms with E-state index in [4.69, 9.17) is 4.74 Å². The minimum Gasteiger partial charge on any atom is -0.453 e. The van der Waals surface area contributed by atoms with Gasteiger partial charge in [-0.2, -0.15) is 4.80 Å². The van der Waals surface area contributed by atoms with Crippen molar-refractivity contribution in [3.8, 4) is 11.4 Å². The second-order valence-electron chi connectivity index (χ2n) is 6.37. The highest BCUT2D eigenvalue weighted by Gasteiger charge is 2.22. The monoisotopic (exact) mass is 372 g/mol. The van der Waals surface area contributed by atoms with E-state index in [1.54, 1.807) is 4.90 Å². The summed E-state index contributed by atoms with van der Waals surface area (Å²) in [5.74, 6) is 0.669. The third-order valence-corrected chi connectivity index (χ3v) is 4.52. The largest absolute Gasteiger partial charge is 0.453 e. The van der Waals surface area contributed by atoms with E-state index in [1.807, 2.05) is 35.2 Å². The highest BCUT2D eigenvalue weighted by atomic mass is 16.5. The molecule has 1 aliphatic heterocycles. The van der Waals surface area contributed by atoms with Gasteiger partial charge in [-0.15, -0.1) is 10.2 Å². The van der Waals surface area contributed by atoms with Crippen molar-refractivity contribution in [1.29, 1.82) is 0 Å². The number of ether oxygens (including phenoxy) is 1. The van der Waals surface area contributed by atoms with Gasteiger partial charge >= 0.3 is 6.09 Å². The smallest absolute Gasteiger partial charge is 0.409 e. The summed E-state index contributed by atoms with van der Waals surface area (Å²) in [5, 5.41) is 12.5. The van der Waals surface area contributed by atoms with Crippen molar-refractivity contribution in [3.05, 3.63) is 30.3 Å². The van der Waals surface area contributed by atoms with Crippen LogP contribution in [-0.2, 0) is 16.1 Å². The number of hydrogen-bond donors (Lipinski definition) is 0. The molecule has 0 unspecified atom stereocenters. The molecule has 1 aromatic heterocycles. The molecule has 0 bridgehead atoms. The Morgan fingerprint density at radius 3 is 2.59 bits per heavy atom. The van der Waals surface area contributed by atoms with Crippen molar-refractivity contribution in [2.45, 2.75) is 25.8 Å². The van der Waals surface area contributed by atoms with Crippen molar-refractivity contribution in [2.24, 2.45) is 0 Å². The summed E-state index contributed by atoms with van der Waals surface area (Å²) in [6.45, 7) is 2.85. The first-order valence-corrected chi connectivity index (χ1v) is 9.11. The Bertz CT molecular complexity index is 763. The molecule has 0 spiro atoms. The zero-order valence-electron chi connectivity index (χ0n) is 15.5. The Balaban J connectivity index is 1.44. The Hall–Kier alpha value is -2.97. The lowest BCUT2D eigenvalue weighted by Crippen LogP contribution is -2.37. The van der Waals surface area contributed by atoms with Gasteiger partial charge in [0.1, 0.15) is 0 Å². The lowest BCUT2D eigenvalue weighted by Gasteiger charge is -2.21. The van der Waals surface area contributed by atoms with E-state index in [0.29, 0.717) is 51.4 Å². The number of aromatic nitrogens is 4. The van der Waals surface area contributed by atoms with Gasteiger partial charge in [-0.3, -0.25) is 4.79 Å². The number of rotatable bonds is 5. The second kappa shape index (κ2) is 9.11. The predicted octanol–water partition coefficient (Wildman–Crippen LogP) is 1.42. The van der Waals surface area contributed by atoms with Gasteiger partial charge in [0.05, 0.1) is 13.7 Å². The van der Waals surface area contributed by atoms with Gasteiger partial charge in [-0.05, 0) is 18.1 Å². The quantitative estimate of drug-likeness (QED) is 0.788. The summed E-state index contributed by atoms with van der Waals surface area (Å²) in [7, 11) is 1.37. The molecule has 0 saturated carbocycles. The summed E-state index contributed by atoms with van der Waals surface area (Å²) < 4.78 is 4.75. The third-order valence-electron chi connectivity index (χ3n) is 4.52. The number of methoxy groups -OCH3 is 1. The maximum absolute atomic E-state index is 12.4. The third kappa shape index (κ3) is 5.02. The molecule has 0 N–H and O–H groups in total. The molecule has 2 aromatic rings. The Kier molecular flexibility index (Phi) is 6.35. The van der Waals surface area contributed by atoms with Crippen LogP contribution in [0.15, 0.2) is 30.3 Å². The van der Waals surface area contributed by atoms with Gasteiger partial charge in [-0.25, -0.2) is 4.79 Å². The molecule has 9 heteroatoms. The fourth-order valence-electron chi connectivity index (χ4n) is 3.05. The first kappa shape index (κ1) is 18.8. The van der Waals surface area contributed by atoms with Crippen LogP contribution in [0.5, 0.6) is 0 Å². The summed E-state index contributed by atoms with van der Waals surface area (Å²) in [5.41, 5.74) is 0.916. The van der Waals surface area contributed by atoms with Crippen LogP contribution in [0.2, 0.25) is 0 Å². The van der Waals surface area contributed by atoms with Crippen molar-refractivity contribution < 1.29 is 14.3 Å². The molecule has 2 amide bonds. The van der Waals surface area contributed by atoms with Crippen LogP contribution >= 0.6 is 0 Å². The fourth-order valence-corrected chi connectivity index (χ4v) is 3.05. The average Bonchev–Trinajstić information content (AvgIpc) is 3.03. The average molecular weight is 372 g/mol. The van der Waals surface area contributed by atoms with Gasteiger partial charge in [0.2, 0.25) is 11.7 Å². The van der Waals surface area contributed by atoms with Gasteiger partial charge in [0.15, 0.2) is 0 Å². The number of carbonyl (C=O) groups excluding carboxylic acids is 2. The maximum atomic E-state index is 12.4. The minimum absolute atomic E-state index is 0.0881. The molecule has 1 saturated heterocycles. The number of aryl methyl sites for hydroxylation is 1. The highest BCUT2D eigenvalue weighted by molar-refractivity contribution is 5.76. The van der Waals surface area contributed by atoms with Gasteiger partial charge < -0.3 is 14.5 Å². The zero-order chi connectivity index (χ0) is 19.1. The van der Waals surface area contributed by atoms with Gasteiger partial charge in [-0.1, -0.05) is 30.3 Å². The number of amides is 2. The van der Waals surface area contributed by atoms with Crippen LogP contribution in [0.25, 0.3) is 11.4 Å². The number of nitrogens with zero attached hydrogens (tertiary/aromatic N) is 6. The number of hydrogen-bond acceptors (Lipinski definition) is 6. The standard InChI is InChI=1S/C18H24N6O3/c1-27-18(26)23-11-6-10-22(13-14-23)16(25)9-5-12-24-20-17(19-21-24)15-7-3-2-4-8-15/h2-4,7-8H,5-6,9-14H2,1H3. The van der Waals surface area contributed by atoms with Crippen molar-refractivity contribution in [2.75, 3.05) is 33.3 Å². The van der Waals surface area contributed by atoms with E-state index in [9.17, 15) is 9.59 Å². The van der Waals surface area contributed by atoms with Crippen molar-refractivity contribution in [3.63, 3.8) is 0 Å². The molecule has 1 aliphatic rings. The molecule has 1 fully saturated rings. The SMILES string of the molecule is COC(=O)N1CCCN(C(=O)CCCn2nnc(-c3ccccc3)n2)CC1. The number of tetrazole rings is 1. The summed E-state index contributed by atoms with van der Waals surface area (Å²) >= 11 is 0. The molecule has 0 aliphatic carbocycles. The second-order valence-corrected chi connectivity index (χ2v) is 6.37. The van der Waals surface area contributed by atoms with Gasteiger partial charge in [0, 0.05) is 38.2 Å². The van der Waals surface area contributed by atoms with Gasteiger partial charge in [0.25, 0.3) is 0 Å². The van der Waals surface area contributed by atoms with Crippen LogP contribution in [0.3, 0.4) is 0 Å². The normalized spacial score (nSPS) is 14.7.